The zero-order chi connectivity index (χ0) is 14.4. The number of fused-ring (bicyclic) bond motifs is 3. The highest BCUT2D eigenvalue weighted by Gasteiger charge is 2.29. The molecule has 0 aromatic carbocycles. The largest absolute Gasteiger partial charge is 0.329 e. The normalized spacial score (nSPS) is 15.2. The van der Waals surface area contributed by atoms with Gasteiger partial charge < -0.3 is 10.2 Å². The highest BCUT2D eigenvalue weighted by Crippen LogP contribution is 2.38. The average molecular weight is 289 g/mol. The van der Waals surface area contributed by atoms with E-state index in [0.717, 1.165) is 21.5 Å². The van der Waals surface area contributed by atoms with E-state index in [2.05, 4.69) is 10.3 Å². The minimum atomic E-state index is -0.154. The summed E-state index contributed by atoms with van der Waals surface area (Å²) in [4.78, 5) is 31.9. The number of carbonyl (C=O) groups excluding carboxylic acids is 2. The van der Waals surface area contributed by atoms with Gasteiger partial charge in [-0.1, -0.05) is 0 Å². The van der Waals surface area contributed by atoms with Crippen LogP contribution in [0.25, 0.3) is 10.2 Å². The van der Waals surface area contributed by atoms with Crippen LogP contribution in [-0.2, 0) is 4.79 Å². The fraction of sp³-hybridized carbons (Fsp3) is 0.357. The maximum absolute atomic E-state index is 12.5. The van der Waals surface area contributed by atoms with Crippen molar-refractivity contribution < 1.29 is 9.59 Å². The number of nitrogens with one attached hydrogen (secondary N) is 1. The van der Waals surface area contributed by atoms with Gasteiger partial charge in [0.05, 0.1) is 5.69 Å². The van der Waals surface area contributed by atoms with Gasteiger partial charge in [-0.3, -0.25) is 9.59 Å². The molecule has 0 unspecified atom stereocenters. The van der Waals surface area contributed by atoms with Crippen LogP contribution in [0.3, 0.4) is 0 Å². The molecule has 6 heteroatoms. The Morgan fingerprint density at radius 1 is 1.40 bits per heavy atom. The lowest BCUT2D eigenvalue weighted by Gasteiger charge is -2.15. The van der Waals surface area contributed by atoms with Crippen molar-refractivity contribution in [3.63, 3.8) is 0 Å². The second kappa shape index (κ2) is 4.56. The molecule has 0 saturated heterocycles. The number of anilines is 1. The molecule has 2 aromatic rings. The summed E-state index contributed by atoms with van der Waals surface area (Å²) in [5.74, 6) is -0.250. The molecular weight excluding hydrogens is 274 g/mol. The van der Waals surface area contributed by atoms with Gasteiger partial charge in [-0.2, -0.15) is 0 Å². The van der Waals surface area contributed by atoms with Crippen LogP contribution < -0.4 is 5.32 Å². The number of rotatable bonds is 1. The van der Waals surface area contributed by atoms with Gasteiger partial charge in [-0.25, -0.2) is 4.98 Å². The minimum Gasteiger partial charge on any atom is -0.329 e. The molecule has 0 atom stereocenters. The van der Waals surface area contributed by atoms with Crippen LogP contribution in [-0.4, -0.2) is 34.8 Å². The number of hydrogen-bond donors (Lipinski definition) is 1. The molecule has 3 rings (SSSR count). The van der Waals surface area contributed by atoms with Crippen LogP contribution >= 0.6 is 11.3 Å². The molecule has 104 valence electrons. The van der Waals surface area contributed by atoms with Crippen LogP contribution in [0.4, 0.5) is 5.69 Å². The first kappa shape index (κ1) is 13.1. The lowest BCUT2D eigenvalue weighted by atomic mass is 10.1. The molecule has 0 radical (unpaired) electrons. The summed E-state index contributed by atoms with van der Waals surface area (Å²) in [5, 5.41) is 3.75. The summed E-state index contributed by atoms with van der Waals surface area (Å²) in [6.07, 6.45) is 0. The number of amides is 2. The van der Waals surface area contributed by atoms with Crippen molar-refractivity contribution in [2.75, 3.05) is 18.4 Å². The third-order valence-electron chi connectivity index (χ3n) is 3.45. The van der Waals surface area contributed by atoms with Crippen molar-refractivity contribution in [3.8, 4) is 0 Å². The third kappa shape index (κ3) is 1.87. The quantitative estimate of drug-likeness (QED) is 0.876. The molecule has 0 aliphatic carbocycles. The Balaban J connectivity index is 2.30. The van der Waals surface area contributed by atoms with E-state index >= 15 is 0 Å². The summed E-state index contributed by atoms with van der Waals surface area (Å²) >= 11 is 1.35. The fourth-order valence-corrected chi connectivity index (χ4v) is 3.75. The number of likely N-dealkylation sites (N-methyl/N-ethyl adjacent to an activating group) is 1. The maximum atomic E-state index is 12.5. The summed E-state index contributed by atoms with van der Waals surface area (Å²) in [6, 6.07) is 1.97. The van der Waals surface area contributed by atoms with Crippen molar-refractivity contribution in [3.05, 3.63) is 22.2 Å². The van der Waals surface area contributed by atoms with Crippen molar-refractivity contribution in [1.82, 2.24) is 9.88 Å². The Morgan fingerprint density at radius 3 is 2.85 bits per heavy atom. The topological polar surface area (TPSA) is 62.3 Å². The van der Waals surface area contributed by atoms with Crippen LogP contribution in [0, 0.1) is 13.8 Å². The minimum absolute atomic E-state index is 0.0964. The molecule has 2 aromatic heterocycles. The molecule has 0 saturated carbocycles. The summed E-state index contributed by atoms with van der Waals surface area (Å²) in [6.45, 7) is 6.40. The zero-order valence-electron chi connectivity index (χ0n) is 11.6. The average Bonchev–Trinajstić information content (AvgIpc) is 2.68. The number of thiophene rings is 1. The number of carbonyl (C=O) groups is 2. The standard InChI is InChI=1S/C14H15N3O2S/c1-4-17-6-9(18)16-11-10-7(2)5-8(3)15-13(10)20-12(11)14(17)19/h5H,4,6H2,1-3H3,(H,16,18). The first-order chi connectivity index (χ1) is 9.51. The van der Waals surface area contributed by atoms with E-state index in [1.807, 2.05) is 26.8 Å². The summed E-state index contributed by atoms with van der Waals surface area (Å²) < 4.78 is 0. The molecule has 0 fully saturated rings. The van der Waals surface area contributed by atoms with Gasteiger partial charge in [-0.15, -0.1) is 11.3 Å². The molecule has 2 amide bonds. The first-order valence-corrected chi connectivity index (χ1v) is 7.32. The number of aryl methyl sites for hydroxylation is 2. The van der Waals surface area contributed by atoms with Crippen molar-refractivity contribution >= 4 is 39.1 Å². The van der Waals surface area contributed by atoms with Gasteiger partial charge in [0.1, 0.15) is 16.3 Å². The first-order valence-electron chi connectivity index (χ1n) is 6.51. The van der Waals surface area contributed by atoms with E-state index in [-0.39, 0.29) is 18.4 Å². The van der Waals surface area contributed by atoms with Crippen molar-refractivity contribution in [2.24, 2.45) is 0 Å². The van der Waals surface area contributed by atoms with Crippen molar-refractivity contribution in [1.29, 1.82) is 0 Å². The Hall–Kier alpha value is -1.95. The molecule has 3 heterocycles. The van der Waals surface area contributed by atoms with E-state index in [1.54, 1.807) is 4.90 Å². The highest BCUT2D eigenvalue weighted by molar-refractivity contribution is 7.21. The number of nitrogens with zero attached hydrogens (tertiary/aromatic N) is 2. The van der Waals surface area contributed by atoms with Crippen molar-refractivity contribution in [2.45, 2.75) is 20.8 Å². The molecule has 5 nitrogen and oxygen atoms in total. The van der Waals surface area contributed by atoms with Gasteiger partial charge in [0.25, 0.3) is 5.91 Å². The molecule has 1 N–H and O–H groups in total. The van der Waals surface area contributed by atoms with Crippen LogP contribution in [0.2, 0.25) is 0 Å². The van der Waals surface area contributed by atoms with Crippen LogP contribution in [0.1, 0.15) is 27.9 Å². The predicted molar refractivity (Wildman–Crippen MR) is 79.3 cm³/mol. The molecule has 1 aliphatic rings. The Morgan fingerprint density at radius 2 is 2.15 bits per heavy atom. The van der Waals surface area contributed by atoms with E-state index in [1.165, 1.54) is 11.3 Å². The molecule has 20 heavy (non-hydrogen) atoms. The van der Waals surface area contributed by atoms with E-state index in [4.69, 9.17) is 0 Å². The van der Waals surface area contributed by atoms with Gasteiger partial charge in [0.15, 0.2) is 0 Å². The number of hydrogen-bond acceptors (Lipinski definition) is 4. The second-order valence-electron chi connectivity index (χ2n) is 4.93. The molecule has 1 aliphatic heterocycles. The van der Waals surface area contributed by atoms with E-state index in [9.17, 15) is 9.59 Å². The van der Waals surface area contributed by atoms with Gasteiger partial charge >= 0.3 is 0 Å². The second-order valence-corrected chi connectivity index (χ2v) is 5.93. The SMILES string of the molecule is CCN1CC(=O)Nc2c(sc3nc(C)cc(C)c23)C1=O. The van der Waals surface area contributed by atoms with Gasteiger partial charge in [0.2, 0.25) is 5.91 Å². The van der Waals surface area contributed by atoms with Crippen LogP contribution in [0.15, 0.2) is 6.07 Å². The van der Waals surface area contributed by atoms with Gasteiger partial charge in [-0.05, 0) is 32.4 Å². The van der Waals surface area contributed by atoms with E-state index < -0.39 is 0 Å². The van der Waals surface area contributed by atoms with Crippen LogP contribution in [0.5, 0.6) is 0 Å². The summed E-state index contributed by atoms with van der Waals surface area (Å²) in [5.41, 5.74) is 2.57. The summed E-state index contributed by atoms with van der Waals surface area (Å²) in [7, 11) is 0. The third-order valence-corrected chi connectivity index (χ3v) is 4.52. The maximum Gasteiger partial charge on any atom is 0.266 e. The smallest absolute Gasteiger partial charge is 0.266 e. The lowest BCUT2D eigenvalue weighted by molar-refractivity contribution is -0.116. The Kier molecular flexibility index (Phi) is 2.97. The van der Waals surface area contributed by atoms with Gasteiger partial charge in [0, 0.05) is 17.6 Å². The Bertz CT molecular complexity index is 736. The lowest BCUT2D eigenvalue weighted by Crippen LogP contribution is -2.34. The Labute approximate surface area is 120 Å². The highest BCUT2D eigenvalue weighted by atomic mass is 32.1. The predicted octanol–water partition coefficient (Wildman–Crippen LogP) is 2.33. The molecular formula is C14H15N3O2S. The zero-order valence-corrected chi connectivity index (χ0v) is 12.4. The molecule has 0 spiro atoms. The fourth-order valence-electron chi connectivity index (χ4n) is 2.53. The molecule has 0 bridgehead atoms. The van der Waals surface area contributed by atoms with E-state index in [0.29, 0.717) is 17.1 Å². The number of pyridine rings is 1. The number of aromatic nitrogens is 1. The monoisotopic (exact) mass is 289 g/mol.